The van der Waals surface area contributed by atoms with Gasteiger partial charge >= 0.3 is 0 Å². The van der Waals surface area contributed by atoms with Gasteiger partial charge in [-0.1, -0.05) is 121 Å². The third kappa shape index (κ3) is 4.58. The maximum atomic E-state index is 6.28. The lowest BCUT2D eigenvalue weighted by Crippen LogP contribution is -2.00. The summed E-state index contributed by atoms with van der Waals surface area (Å²) in [4.78, 5) is 15.5. The molecule has 8 aromatic carbocycles. The van der Waals surface area contributed by atoms with Crippen LogP contribution in [0.15, 0.2) is 177 Å². The first-order chi connectivity index (χ1) is 27.2. The molecule has 0 saturated heterocycles. The van der Waals surface area contributed by atoms with E-state index in [1.165, 1.54) is 0 Å². The Morgan fingerprint density at radius 1 is 0.291 bits per heavy atom. The summed E-state index contributed by atoms with van der Waals surface area (Å²) >= 11 is 0. The Morgan fingerprint density at radius 3 is 1.40 bits per heavy atom. The summed E-state index contributed by atoms with van der Waals surface area (Å²) in [7, 11) is 0. The number of benzene rings is 8. The molecule has 0 aliphatic heterocycles. The van der Waals surface area contributed by atoms with Crippen LogP contribution in [0.5, 0.6) is 0 Å². The minimum absolute atomic E-state index is 0.572. The van der Waals surface area contributed by atoms with Crippen molar-refractivity contribution < 1.29 is 13.3 Å². The maximum absolute atomic E-state index is 6.28. The monoisotopic (exact) mass is 705 g/mol. The molecule has 4 aromatic heterocycles. The predicted octanol–water partition coefficient (Wildman–Crippen LogP) is 13.4. The van der Waals surface area contributed by atoms with Crippen molar-refractivity contribution in [1.82, 2.24) is 15.0 Å². The highest BCUT2D eigenvalue weighted by atomic mass is 16.3. The number of fused-ring (bicyclic) bond motifs is 11. The molecule has 6 heteroatoms. The molecule has 0 fully saturated rings. The van der Waals surface area contributed by atoms with Crippen LogP contribution < -0.4 is 0 Å². The van der Waals surface area contributed by atoms with Crippen molar-refractivity contribution in [3.8, 4) is 45.3 Å². The summed E-state index contributed by atoms with van der Waals surface area (Å²) in [6.45, 7) is 0. The largest absolute Gasteiger partial charge is 0.456 e. The Labute approximate surface area is 312 Å². The maximum Gasteiger partial charge on any atom is 0.164 e. The molecule has 0 radical (unpaired) electrons. The smallest absolute Gasteiger partial charge is 0.164 e. The van der Waals surface area contributed by atoms with Crippen molar-refractivity contribution in [1.29, 1.82) is 0 Å². The molecule has 0 spiro atoms. The van der Waals surface area contributed by atoms with Gasteiger partial charge in [-0.15, -0.1) is 0 Å². The Bertz CT molecular complexity index is 3500. The molecule has 0 unspecified atom stereocenters. The van der Waals surface area contributed by atoms with Gasteiger partial charge in [-0.3, -0.25) is 0 Å². The quantitative estimate of drug-likeness (QED) is 0.181. The molecule has 55 heavy (non-hydrogen) atoms. The molecule has 4 heterocycles. The summed E-state index contributed by atoms with van der Waals surface area (Å²) in [5.41, 5.74) is 9.90. The van der Waals surface area contributed by atoms with Gasteiger partial charge in [0.05, 0.1) is 0 Å². The molecule has 0 bridgehead atoms. The van der Waals surface area contributed by atoms with E-state index in [1.807, 2.05) is 78.9 Å². The Morgan fingerprint density at radius 2 is 0.745 bits per heavy atom. The van der Waals surface area contributed by atoms with Gasteiger partial charge in [0.15, 0.2) is 17.5 Å². The van der Waals surface area contributed by atoms with Crippen molar-refractivity contribution in [2.75, 3.05) is 0 Å². The Kier molecular flexibility index (Phi) is 6.24. The molecule has 0 N–H and O–H groups in total. The highest BCUT2D eigenvalue weighted by molar-refractivity contribution is 6.19. The van der Waals surface area contributed by atoms with Crippen LogP contribution in [-0.4, -0.2) is 15.0 Å². The van der Waals surface area contributed by atoms with E-state index in [0.29, 0.717) is 17.5 Å². The molecule has 12 aromatic rings. The highest BCUT2D eigenvalue weighted by Gasteiger charge is 2.19. The summed E-state index contributed by atoms with van der Waals surface area (Å²) < 4.78 is 18.7. The minimum atomic E-state index is 0.572. The van der Waals surface area contributed by atoms with Gasteiger partial charge in [-0.05, 0) is 64.4 Å². The van der Waals surface area contributed by atoms with Crippen molar-refractivity contribution in [2.24, 2.45) is 0 Å². The van der Waals surface area contributed by atoms with E-state index in [-0.39, 0.29) is 0 Å². The van der Waals surface area contributed by atoms with E-state index in [9.17, 15) is 0 Å². The van der Waals surface area contributed by atoms with E-state index >= 15 is 0 Å². The molecule has 0 aliphatic rings. The summed E-state index contributed by atoms with van der Waals surface area (Å²) in [6, 6.07) is 55.7. The second-order valence-corrected chi connectivity index (χ2v) is 13.9. The third-order valence-electron chi connectivity index (χ3n) is 10.8. The van der Waals surface area contributed by atoms with E-state index in [0.717, 1.165) is 104 Å². The highest BCUT2D eigenvalue weighted by Crippen LogP contribution is 2.40. The SMILES string of the molecule is c1ccc2c(c1)oc1cccc(-c3ccc(-c4nc(-c5ccc6ccc7oc8ccccc8c7c6c5)nc(-c5cccc6oc7ccccc7c56)n4)cc3)c12. The van der Waals surface area contributed by atoms with Crippen LogP contribution in [0, 0.1) is 0 Å². The van der Waals surface area contributed by atoms with E-state index in [4.69, 9.17) is 28.2 Å². The first-order valence-electron chi connectivity index (χ1n) is 18.3. The number of hydrogen-bond donors (Lipinski definition) is 0. The second kappa shape index (κ2) is 11.5. The number of para-hydroxylation sites is 3. The van der Waals surface area contributed by atoms with Gasteiger partial charge < -0.3 is 13.3 Å². The standard InChI is InChI=1S/C49H27N3O3/c1-4-14-38-33(9-1)44-32(12-7-17-41(44)53-38)28-19-22-30(23-20-28)47-50-48(52-49(51-47)36-13-8-18-42-45(36)34-10-2-5-15-39(34)54-42)31-24-21-29-25-26-43-46(37(29)27-31)35-11-3-6-16-40(35)55-43/h1-27H. The lowest BCUT2D eigenvalue weighted by molar-refractivity contribution is 0.668. The normalized spacial score (nSPS) is 12.0. The van der Waals surface area contributed by atoms with Gasteiger partial charge in [-0.25, -0.2) is 15.0 Å². The van der Waals surface area contributed by atoms with Gasteiger partial charge in [0.25, 0.3) is 0 Å². The zero-order valence-electron chi connectivity index (χ0n) is 29.2. The van der Waals surface area contributed by atoms with Crippen molar-refractivity contribution in [3.05, 3.63) is 164 Å². The fourth-order valence-corrected chi connectivity index (χ4v) is 8.21. The Hall–Kier alpha value is -7.57. The number of aromatic nitrogens is 3. The van der Waals surface area contributed by atoms with Gasteiger partial charge in [-0.2, -0.15) is 0 Å². The molecule has 256 valence electrons. The lowest BCUT2D eigenvalue weighted by atomic mass is 9.98. The van der Waals surface area contributed by atoms with Gasteiger partial charge in [0.2, 0.25) is 0 Å². The second-order valence-electron chi connectivity index (χ2n) is 13.9. The van der Waals surface area contributed by atoms with E-state index in [1.54, 1.807) is 0 Å². The minimum Gasteiger partial charge on any atom is -0.456 e. The van der Waals surface area contributed by atoms with Crippen LogP contribution in [0.1, 0.15) is 0 Å². The van der Waals surface area contributed by atoms with Crippen LogP contribution in [0.3, 0.4) is 0 Å². The molecule has 0 saturated carbocycles. The first kappa shape index (κ1) is 29.9. The van der Waals surface area contributed by atoms with Crippen molar-refractivity contribution in [2.45, 2.75) is 0 Å². The van der Waals surface area contributed by atoms with Crippen LogP contribution in [0.4, 0.5) is 0 Å². The van der Waals surface area contributed by atoms with Gasteiger partial charge in [0.1, 0.15) is 33.5 Å². The lowest BCUT2D eigenvalue weighted by Gasteiger charge is -2.11. The predicted molar refractivity (Wildman–Crippen MR) is 221 cm³/mol. The summed E-state index contributed by atoms with van der Waals surface area (Å²) in [5, 5.41) is 8.54. The van der Waals surface area contributed by atoms with E-state index < -0.39 is 0 Å². The molecule has 6 nitrogen and oxygen atoms in total. The van der Waals surface area contributed by atoms with Gasteiger partial charge in [0, 0.05) is 49.0 Å². The van der Waals surface area contributed by atoms with E-state index in [2.05, 4.69) is 84.9 Å². The molecular formula is C49H27N3O3. The fourth-order valence-electron chi connectivity index (χ4n) is 8.21. The number of rotatable bonds is 4. The molecule has 0 atom stereocenters. The van der Waals surface area contributed by atoms with Crippen LogP contribution >= 0.6 is 0 Å². The molecular weight excluding hydrogens is 679 g/mol. The van der Waals surface area contributed by atoms with Crippen LogP contribution in [-0.2, 0) is 0 Å². The zero-order chi connectivity index (χ0) is 36.0. The number of hydrogen-bond acceptors (Lipinski definition) is 6. The Balaban J connectivity index is 1.06. The topological polar surface area (TPSA) is 78.1 Å². The van der Waals surface area contributed by atoms with Crippen LogP contribution in [0.2, 0.25) is 0 Å². The molecule has 0 amide bonds. The summed E-state index contributed by atoms with van der Waals surface area (Å²) in [5.74, 6) is 1.73. The number of furan rings is 3. The third-order valence-corrected chi connectivity index (χ3v) is 10.8. The average molecular weight is 706 g/mol. The first-order valence-corrected chi connectivity index (χ1v) is 18.3. The molecule has 0 aliphatic carbocycles. The number of nitrogens with zero attached hydrogens (tertiary/aromatic N) is 3. The molecule has 12 rings (SSSR count). The van der Waals surface area contributed by atoms with Crippen LogP contribution in [0.25, 0.3) is 122 Å². The summed E-state index contributed by atoms with van der Waals surface area (Å²) in [6.07, 6.45) is 0. The average Bonchev–Trinajstić information content (AvgIpc) is 3.95. The zero-order valence-corrected chi connectivity index (χ0v) is 29.2. The fraction of sp³-hybridized carbons (Fsp3) is 0. The van der Waals surface area contributed by atoms with Crippen molar-refractivity contribution in [3.63, 3.8) is 0 Å². The van der Waals surface area contributed by atoms with Crippen molar-refractivity contribution >= 4 is 76.6 Å².